The van der Waals surface area contributed by atoms with Gasteiger partial charge in [0.15, 0.2) is 5.84 Å². The molecule has 0 atom stereocenters. The van der Waals surface area contributed by atoms with Gasteiger partial charge in [0, 0.05) is 13.1 Å². The molecule has 0 aromatic carbocycles. The van der Waals surface area contributed by atoms with Crippen LogP contribution in [0, 0.1) is 0 Å². The number of aromatic nitrogens is 1. The van der Waals surface area contributed by atoms with Gasteiger partial charge in [-0.1, -0.05) is 19.0 Å². The predicted molar refractivity (Wildman–Crippen MR) is 69.5 cm³/mol. The number of amidine groups is 1. The molecule has 0 amide bonds. The van der Waals surface area contributed by atoms with E-state index in [1.807, 2.05) is 6.07 Å². The third-order valence-electron chi connectivity index (χ3n) is 3.02. The summed E-state index contributed by atoms with van der Waals surface area (Å²) in [4.78, 5) is 6.36. The average Bonchev–Trinajstić information content (AvgIpc) is 2.39. The summed E-state index contributed by atoms with van der Waals surface area (Å²) in [7, 11) is 2.05. The molecule has 94 valence electrons. The van der Waals surface area contributed by atoms with E-state index < -0.39 is 0 Å². The van der Waals surface area contributed by atoms with Gasteiger partial charge in [-0.2, -0.15) is 0 Å². The van der Waals surface area contributed by atoms with Crippen molar-refractivity contribution in [2.24, 2.45) is 10.9 Å². The Bertz CT molecular complexity index is 371. The van der Waals surface area contributed by atoms with Gasteiger partial charge in [-0.3, -0.25) is 4.98 Å². The molecule has 0 saturated heterocycles. The van der Waals surface area contributed by atoms with Crippen LogP contribution in [0.25, 0.3) is 0 Å². The summed E-state index contributed by atoms with van der Waals surface area (Å²) < 4.78 is 0. The summed E-state index contributed by atoms with van der Waals surface area (Å²) in [6.07, 6.45) is 3.93. The van der Waals surface area contributed by atoms with E-state index in [9.17, 15) is 0 Å². The zero-order chi connectivity index (χ0) is 12.8. The number of nitrogens with two attached hydrogens (primary N) is 1. The smallest absolute Gasteiger partial charge is 0.188 e. The molecule has 1 aromatic rings. The Morgan fingerprint density at radius 3 is 2.53 bits per heavy atom. The van der Waals surface area contributed by atoms with Crippen molar-refractivity contribution in [3.8, 4) is 0 Å². The van der Waals surface area contributed by atoms with E-state index in [4.69, 9.17) is 10.9 Å². The number of nitrogens with zero attached hydrogens (tertiary/aromatic N) is 3. The molecule has 0 spiro atoms. The monoisotopic (exact) mass is 236 g/mol. The SMILES string of the molecule is CCC(CC)N(C)c1ccc(/C(N)=N/O)nc1. The molecule has 0 bridgehead atoms. The van der Waals surface area contributed by atoms with Crippen molar-refractivity contribution in [2.75, 3.05) is 11.9 Å². The number of oxime groups is 1. The first kappa shape index (κ1) is 13.3. The van der Waals surface area contributed by atoms with Crippen LogP contribution in [0.15, 0.2) is 23.5 Å². The van der Waals surface area contributed by atoms with Gasteiger partial charge >= 0.3 is 0 Å². The van der Waals surface area contributed by atoms with Crippen LogP contribution in [0.3, 0.4) is 0 Å². The first-order valence-corrected chi connectivity index (χ1v) is 5.80. The maximum atomic E-state index is 8.54. The Hall–Kier alpha value is -1.78. The van der Waals surface area contributed by atoms with E-state index in [1.165, 1.54) is 0 Å². The standard InChI is InChI=1S/C12H20N4O/c1-4-9(5-2)16(3)10-6-7-11(14-8-10)12(13)15-17/h6-9,17H,4-5H2,1-3H3,(H2,13,15). The van der Waals surface area contributed by atoms with Crippen molar-refractivity contribution in [2.45, 2.75) is 32.7 Å². The van der Waals surface area contributed by atoms with E-state index in [0.29, 0.717) is 11.7 Å². The Morgan fingerprint density at radius 2 is 2.12 bits per heavy atom. The number of anilines is 1. The molecular weight excluding hydrogens is 216 g/mol. The summed E-state index contributed by atoms with van der Waals surface area (Å²) in [5, 5.41) is 11.5. The first-order valence-electron chi connectivity index (χ1n) is 5.80. The second kappa shape index (κ2) is 6.08. The topological polar surface area (TPSA) is 74.7 Å². The van der Waals surface area contributed by atoms with E-state index in [-0.39, 0.29) is 5.84 Å². The molecule has 0 radical (unpaired) electrons. The van der Waals surface area contributed by atoms with Gasteiger partial charge in [0.2, 0.25) is 0 Å². The zero-order valence-corrected chi connectivity index (χ0v) is 10.6. The van der Waals surface area contributed by atoms with Gasteiger partial charge in [-0.05, 0) is 25.0 Å². The highest BCUT2D eigenvalue weighted by atomic mass is 16.4. The molecule has 0 fully saturated rings. The van der Waals surface area contributed by atoms with Crippen LogP contribution in [0.1, 0.15) is 32.4 Å². The lowest BCUT2D eigenvalue weighted by atomic mass is 10.1. The first-order chi connectivity index (χ1) is 8.13. The average molecular weight is 236 g/mol. The van der Waals surface area contributed by atoms with Gasteiger partial charge in [0.1, 0.15) is 5.69 Å². The Morgan fingerprint density at radius 1 is 1.47 bits per heavy atom. The molecule has 1 heterocycles. The molecule has 3 N–H and O–H groups in total. The van der Waals surface area contributed by atoms with Gasteiger partial charge in [0.25, 0.3) is 0 Å². The molecule has 1 aromatic heterocycles. The minimum absolute atomic E-state index is 0.0294. The number of hydrogen-bond acceptors (Lipinski definition) is 4. The van der Waals surface area contributed by atoms with Crippen molar-refractivity contribution in [1.29, 1.82) is 0 Å². The van der Waals surface area contributed by atoms with Crippen LogP contribution in [0.2, 0.25) is 0 Å². The number of pyridine rings is 1. The summed E-state index contributed by atoms with van der Waals surface area (Å²) in [5.74, 6) is 0.0294. The molecule has 17 heavy (non-hydrogen) atoms. The van der Waals surface area contributed by atoms with Gasteiger partial charge in [-0.15, -0.1) is 0 Å². The van der Waals surface area contributed by atoms with Crippen LogP contribution >= 0.6 is 0 Å². The summed E-state index contributed by atoms with van der Waals surface area (Å²) in [6, 6.07) is 4.19. The third kappa shape index (κ3) is 3.09. The maximum absolute atomic E-state index is 8.54. The van der Waals surface area contributed by atoms with Crippen LogP contribution in [0.5, 0.6) is 0 Å². The molecule has 0 aliphatic carbocycles. The summed E-state index contributed by atoms with van der Waals surface area (Å²) >= 11 is 0. The summed E-state index contributed by atoms with van der Waals surface area (Å²) in [6.45, 7) is 4.34. The van der Waals surface area contributed by atoms with E-state index in [1.54, 1.807) is 12.3 Å². The van der Waals surface area contributed by atoms with Crippen molar-refractivity contribution in [3.05, 3.63) is 24.0 Å². The molecule has 0 unspecified atom stereocenters. The van der Waals surface area contributed by atoms with Gasteiger partial charge in [-0.25, -0.2) is 0 Å². The zero-order valence-electron chi connectivity index (χ0n) is 10.6. The normalized spacial score (nSPS) is 11.9. The fourth-order valence-corrected chi connectivity index (χ4v) is 1.84. The molecule has 0 aliphatic heterocycles. The quantitative estimate of drug-likeness (QED) is 0.354. The van der Waals surface area contributed by atoms with Crippen LogP contribution < -0.4 is 10.6 Å². The Labute approximate surface area is 102 Å². The van der Waals surface area contributed by atoms with Crippen molar-refractivity contribution < 1.29 is 5.21 Å². The third-order valence-corrected chi connectivity index (χ3v) is 3.02. The largest absolute Gasteiger partial charge is 0.409 e. The van der Waals surface area contributed by atoms with Crippen LogP contribution in [0.4, 0.5) is 5.69 Å². The summed E-state index contributed by atoms with van der Waals surface area (Å²) in [5.41, 5.74) is 6.97. The number of rotatable bonds is 5. The van der Waals surface area contributed by atoms with Crippen LogP contribution in [-0.4, -0.2) is 29.1 Å². The highest BCUT2D eigenvalue weighted by Gasteiger charge is 2.11. The lowest BCUT2D eigenvalue weighted by Gasteiger charge is -2.28. The molecule has 5 nitrogen and oxygen atoms in total. The van der Waals surface area contributed by atoms with E-state index in [2.05, 4.69) is 35.9 Å². The lowest BCUT2D eigenvalue weighted by molar-refractivity contribution is 0.318. The Kier molecular flexibility index (Phi) is 4.75. The second-order valence-electron chi connectivity index (χ2n) is 3.97. The molecule has 5 heteroatoms. The molecule has 1 rings (SSSR count). The highest BCUT2D eigenvalue weighted by molar-refractivity contribution is 5.95. The van der Waals surface area contributed by atoms with Crippen molar-refractivity contribution >= 4 is 11.5 Å². The number of hydrogen-bond donors (Lipinski definition) is 2. The minimum atomic E-state index is 0.0294. The van der Waals surface area contributed by atoms with E-state index >= 15 is 0 Å². The predicted octanol–water partition coefficient (Wildman–Crippen LogP) is 1.80. The highest BCUT2D eigenvalue weighted by Crippen LogP contribution is 2.17. The fraction of sp³-hybridized carbons (Fsp3) is 0.500. The van der Waals surface area contributed by atoms with Gasteiger partial charge in [0.05, 0.1) is 11.9 Å². The lowest BCUT2D eigenvalue weighted by Crippen LogP contribution is -2.30. The van der Waals surface area contributed by atoms with Crippen LogP contribution in [-0.2, 0) is 0 Å². The molecule has 0 aliphatic rings. The maximum Gasteiger partial charge on any atom is 0.188 e. The van der Waals surface area contributed by atoms with E-state index in [0.717, 1.165) is 18.5 Å². The van der Waals surface area contributed by atoms with Gasteiger partial charge < -0.3 is 15.8 Å². The second-order valence-corrected chi connectivity index (χ2v) is 3.97. The molecule has 0 saturated carbocycles. The fourth-order valence-electron chi connectivity index (χ4n) is 1.84. The van der Waals surface area contributed by atoms with Crippen molar-refractivity contribution in [1.82, 2.24) is 4.98 Å². The molecular formula is C12H20N4O. The minimum Gasteiger partial charge on any atom is -0.409 e. The Balaban J connectivity index is 2.87. The van der Waals surface area contributed by atoms with Crippen molar-refractivity contribution in [3.63, 3.8) is 0 Å².